The standard InChI is InChI=1S/C14H17ClIN3OS/c1-19-6-4-14(5-7-19,13(17)21)18-12(20)9-2-3-11(16)10(15)8-9/h2-3,8H,4-7H2,1H3,(H2,17,21)(H,18,20). The molecule has 0 aliphatic carbocycles. The predicted molar refractivity (Wildman–Crippen MR) is 97.9 cm³/mol. The number of hydrogen-bond acceptors (Lipinski definition) is 3. The summed E-state index contributed by atoms with van der Waals surface area (Å²) in [5.41, 5.74) is 5.82. The van der Waals surface area contributed by atoms with Gasteiger partial charge in [0.25, 0.3) is 5.91 Å². The molecule has 0 bridgehead atoms. The van der Waals surface area contributed by atoms with Crippen LogP contribution >= 0.6 is 46.4 Å². The Hall–Kier alpha value is -0.440. The summed E-state index contributed by atoms with van der Waals surface area (Å²) in [6.07, 6.45) is 1.45. The van der Waals surface area contributed by atoms with Gasteiger partial charge < -0.3 is 16.0 Å². The lowest BCUT2D eigenvalue weighted by Crippen LogP contribution is -2.61. The van der Waals surface area contributed by atoms with Crippen molar-refractivity contribution < 1.29 is 4.79 Å². The molecular formula is C14H17ClIN3OS. The van der Waals surface area contributed by atoms with E-state index in [1.165, 1.54) is 0 Å². The number of carbonyl (C=O) groups excluding carboxylic acids is 1. The molecular weight excluding hydrogens is 421 g/mol. The Labute approximate surface area is 148 Å². The first-order valence-electron chi connectivity index (χ1n) is 6.60. The van der Waals surface area contributed by atoms with Gasteiger partial charge in [0.2, 0.25) is 0 Å². The second kappa shape index (κ2) is 6.76. The van der Waals surface area contributed by atoms with Crippen molar-refractivity contribution in [3.8, 4) is 0 Å². The van der Waals surface area contributed by atoms with Gasteiger partial charge in [0.05, 0.1) is 15.6 Å². The van der Waals surface area contributed by atoms with Crippen molar-refractivity contribution in [2.24, 2.45) is 5.73 Å². The molecule has 0 radical (unpaired) electrons. The predicted octanol–water partition coefficient (Wildman–Crippen LogP) is 2.42. The number of thiocarbonyl (C=S) groups is 1. The van der Waals surface area contributed by atoms with E-state index in [0.29, 0.717) is 15.6 Å². The first-order valence-corrected chi connectivity index (χ1v) is 8.46. The molecule has 0 saturated carbocycles. The van der Waals surface area contributed by atoms with E-state index in [2.05, 4.69) is 32.8 Å². The molecule has 0 atom stereocenters. The number of benzene rings is 1. The minimum atomic E-state index is -0.603. The van der Waals surface area contributed by atoms with Gasteiger partial charge in [0, 0.05) is 22.2 Å². The molecule has 0 unspecified atom stereocenters. The molecule has 0 spiro atoms. The molecule has 3 N–H and O–H groups in total. The zero-order valence-electron chi connectivity index (χ0n) is 11.7. The topological polar surface area (TPSA) is 58.4 Å². The van der Waals surface area contributed by atoms with Crippen molar-refractivity contribution in [2.75, 3.05) is 20.1 Å². The lowest BCUT2D eigenvalue weighted by Gasteiger charge is -2.40. The fourth-order valence-corrected chi connectivity index (χ4v) is 3.13. The van der Waals surface area contributed by atoms with E-state index in [1.807, 2.05) is 13.1 Å². The van der Waals surface area contributed by atoms with E-state index >= 15 is 0 Å². The van der Waals surface area contributed by atoms with Gasteiger partial charge in [-0.05, 0) is 60.7 Å². The summed E-state index contributed by atoms with van der Waals surface area (Å²) in [5.74, 6) is -0.189. The van der Waals surface area contributed by atoms with Crippen LogP contribution in [0.25, 0.3) is 0 Å². The number of hydrogen-bond donors (Lipinski definition) is 2. The van der Waals surface area contributed by atoms with E-state index in [1.54, 1.807) is 12.1 Å². The summed E-state index contributed by atoms with van der Waals surface area (Å²) in [6, 6.07) is 5.24. The van der Waals surface area contributed by atoms with E-state index in [9.17, 15) is 4.79 Å². The normalized spacial score (nSPS) is 18.2. The maximum absolute atomic E-state index is 12.5. The van der Waals surface area contributed by atoms with Crippen LogP contribution < -0.4 is 11.1 Å². The van der Waals surface area contributed by atoms with Crippen LogP contribution in [-0.4, -0.2) is 41.5 Å². The first-order chi connectivity index (χ1) is 9.84. The van der Waals surface area contributed by atoms with Crippen LogP contribution in [0.3, 0.4) is 0 Å². The van der Waals surface area contributed by atoms with E-state index in [-0.39, 0.29) is 5.91 Å². The smallest absolute Gasteiger partial charge is 0.252 e. The highest BCUT2D eigenvalue weighted by Gasteiger charge is 2.38. The number of halogens is 2. The lowest BCUT2D eigenvalue weighted by atomic mass is 9.87. The highest BCUT2D eigenvalue weighted by atomic mass is 127. The van der Waals surface area contributed by atoms with E-state index in [4.69, 9.17) is 29.6 Å². The fourth-order valence-electron chi connectivity index (χ4n) is 2.36. The highest BCUT2D eigenvalue weighted by Crippen LogP contribution is 2.24. The number of nitrogens with two attached hydrogens (primary N) is 1. The number of amides is 1. The van der Waals surface area contributed by atoms with E-state index in [0.717, 1.165) is 29.5 Å². The van der Waals surface area contributed by atoms with Crippen LogP contribution in [0.1, 0.15) is 23.2 Å². The number of nitrogens with one attached hydrogen (secondary N) is 1. The first kappa shape index (κ1) is 16.9. The van der Waals surface area contributed by atoms with Gasteiger partial charge in [-0.25, -0.2) is 0 Å². The molecule has 4 nitrogen and oxygen atoms in total. The van der Waals surface area contributed by atoms with Crippen LogP contribution in [0.15, 0.2) is 18.2 Å². The summed E-state index contributed by atoms with van der Waals surface area (Å²) < 4.78 is 0.911. The van der Waals surface area contributed by atoms with E-state index < -0.39 is 5.54 Å². The van der Waals surface area contributed by atoms with Gasteiger partial charge in [0.15, 0.2) is 0 Å². The fraction of sp³-hybridized carbons (Fsp3) is 0.429. The van der Waals surface area contributed by atoms with Gasteiger partial charge in [-0.15, -0.1) is 0 Å². The second-order valence-corrected chi connectivity index (χ2v) is 7.34. The number of rotatable bonds is 3. The molecule has 1 heterocycles. The third-order valence-electron chi connectivity index (χ3n) is 3.85. The number of piperidine rings is 1. The molecule has 0 aromatic heterocycles. The van der Waals surface area contributed by atoms with Crippen LogP contribution in [-0.2, 0) is 0 Å². The second-order valence-electron chi connectivity index (χ2n) is 5.33. The summed E-state index contributed by atoms with van der Waals surface area (Å²) in [6.45, 7) is 1.70. The Bertz CT molecular complexity index is 573. The molecule has 1 aliphatic rings. The Morgan fingerprint density at radius 2 is 2.10 bits per heavy atom. The Kier molecular flexibility index (Phi) is 5.45. The molecule has 1 saturated heterocycles. The SMILES string of the molecule is CN1CCC(NC(=O)c2ccc(I)c(Cl)c2)(C(N)=S)CC1. The summed E-state index contributed by atoms with van der Waals surface area (Å²) >= 11 is 13.4. The zero-order valence-corrected chi connectivity index (χ0v) is 15.4. The molecule has 1 fully saturated rings. The van der Waals surface area contributed by atoms with Gasteiger partial charge in [-0.2, -0.15) is 0 Å². The minimum Gasteiger partial charge on any atom is -0.391 e. The largest absolute Gasteiger partial charge is 0.391 e. The molecule has 21 heavy (non-hydrogen) atoms. The van der Waals surface area contributed by atoms with Crippen molar-refractivity contribution in [3.63, 3.8) is 0 Å². The van der Waals surface area contributed by atoms with Crippen molar-refractivity contribution in [3.05, 3.63) is 32.4 Å². The van der Waals surface area contributed by atoms with Crippen molar-refractivity contribution in [1.29, 1.82) is 0 Å². The summed E-state index contributed by atoms with van der Waals surface area (Å²) in [4.78, 5) is 15.0. The van der Waals surface area contributed by atoms with Gasteiger partial charge in [-0.1, -0.05) is 23.8 Å². The maximum Gasteiger partial charge on any atom is 0.252 e. The van der Waals surface area contributed by atoms with Crippen LogP contribution in [0, 0.1) is 3.57 Å². The molecule has 7 heteroatoms. The lowest BCUT2D eigenvalue weighted by molar-refractivity contribution is 0.0890. The minimum absolute atomic E-state index is 0.189. The molecule has 2 rings (SSSR count). The zero-order chi connectivity index (χ0) is 15.6. The quantitative estimate of drug-likeness (QED) is 0.563. The molecule has 1 aromatic carbocycles. The van der Waals surface area contributed by atoms with Crippen LogP contribution in [0.4, 0.5) is 0 Å². The van der Waals surface area contributed by atoms with Crippen molar-refractivity contribution >= 4 is 57.3 Å². The van der Waals surface area contributed by atoms with Crippen LogP contribution in [0.5, 0.6) is 0 Å². The Morgan fingerprint density at radius 1 is 1.48 bits per heavy atom. The van der Waals surface area contributed by atoms with Gasteiger partial charge in [-0.3, -0.25) is 4.79 Å². The highest BCUT2D eigenvalue weighted by molar-refractivity contribution is 14.1. The molecule has 1 aromatic rings. The Balaban J connectivity index is 2.19. The maximum atomic E-state index is 12.5. The molecule has 1 amide bonds. The Morgan fingerprint density at radius 3 is 2.62 bits per heavy atom. The molecule has 114 valence electrons. The number of likely N-dealkylation sites (tertiary alicyclic amines) is 1. The molecule has 1 aliphatic heterocycles. The average molecular weight is 438 g/mol. The monoisotopic (exact) mass is 437 g/mol. The summed E-state index contributed by atoms with van der Waals surface area (Å²) in [5, 5.41) is 3.59. The number of carbonyl (C=O) groups is 1. The van der Waals surface area contributed by atoms with Crippen molar-refractivity contribution in [2.45, 2.75) is 18.4 Å². The van der Waals surface area contributed by atoms with Crippen molar-refractivity contribution in [1.82, 2.24) is 10.2 Å². The number of nitrogens with zero attached hydrogens (tertiary/aromatic N) is 1. The third kappa shape index (κ3) is 3.85. The van der Waals surface area contributed by atoms with Gasteiger partial charge in [0.1, 0.15) is 0 Å². The van der Waals surface area contributed by atoms with Gasteiger partial charge >= 0.3 is 0 Å². The van der Waals surface area contributed by atoms with Crippen LogP contribution in [0.2, 0.25) is 5.02 Å². The average Bonchev–Trinajstić information content (AvgIpc) is 2.44. The third-order valence-corrected chi connectivity index (χ3v) is 5.81. The summed E-state index contributed by atoms with van der Waals surface area (Å²) in [7, 11) is 2.05.